The fourth-order valence-corrected chi connectivity index (χ4v) is 2.63. The average molecular weight is 337 g/mol. The van der Waals surface area contributed by atoms with Gasteiger partial charge in [-0.15, -0.1) is 0 Å². The molecule has 128 valence electrons. The Morgan fingerprint density at radius 1 is 1.12 bits per heavy atom. The number of imidazole rings is 1. The molecule has 1 aromatic heterocycles. The van der Waals surface area contributed by atoms with Gasteiger partial charge in [0.2, 0.25) is 5.91 Å². The molecule has 0 bridgehead atoms. The molecular formula is C19H19N3O3. The fourth-order valence-electron chi connectivity index (χ4n) is 2.63. The third kappa shape index (κ3) is 4.03. The molecule has 0 fully saturated rings. The number of fused-ring (bicyclic) bond motifs is 1. The maximum atomic E-state index is 12.3. The first-order valence-corrected chi connectivity index (χ1v) is 8.03. The van der Waals surface area contributed by atoms with E-state index in [4.69, 9.17) is 4.74 Å². The Morgan fingerprint density at radius 2 is 1.84 bits per heavy atom. The van der Waals surface area contributed by atoms with Crippen molar-refractivity contribution in [3.8, 4) is 0 Å². The zero-order chi connectivity index (χ0) is 17.6. The van der Waals surface area contributed by atoms with Crippen molar-refractivity contribution in [2.45, 2.75) is 18.9 Å². The van der Waals surface area contributed by atoms with Crippen molar-refractivity contribution in [3.63, 3.8) is 0 Å². The number of ether oxygens (including phenoxy) is 1. The maximum Gasteiger partial charge on any atom is 0.333 e. The third-order valence-electron chi connectivity index (χ3n) is 3.90. The molecule has 6 nitrogen and oxygen atoms in total. The topological polar surface area (TPSA) is 84.1 Å². The van der Waals surface area contributed by atoms with Crippen molar-refractivity contribution < 1.29 is 14.3 Å². The van der Waals surface area contributed by atoms with Crippen molar-refractivity contribution in [1.29, 1.82) is 0 Å². The summed E-state index contributed by atoms with van der Waals surface area (Å²) in [7, 11) is 1.30. The van der Waals surface area contributed by atoms with Crippen LogP contribution in [0, 0.1) is 0 Å². The van der Waals surface area contributed by atoms with Gasteiger partial charge >= 0.3 is 5.97 Å². The van der Waals surface area contributed by atoms with Gasteiger partial charge in [-0.25, -0.2) is 9.78 Å². The maximum absolute atomic E-state index is 12.3. The lowest BCUT2D eigenvalue weighted by Crippen LogP contribution is -2.34. The van der Waals surface area contributed by atoms with E-state index >= 15 is 0 Å². The Hall–Kier alpha value is -3.15. The number of benzene rings is 2. The molecule has 0 radical (unpaired) electrons. The van der Waals surface area contributed by atoms with Crippen LogP contribution in [0.2, 0.25) is 0 Å². The third-order valence-corrected chi connectivity index (χ3v) is 3.90. The van der Waals surface area contributed by atoms with Crippen LogP contribution in [0.3, 0.4) is 0 Å². The van der Waals surface area contributed by atoms with Crippen LogP contribution in [0.15, 0.2) is 54.6 Å². The molecule has 0 saturated heterocycles. The molecule has 0 aliphatic heterocycles. The SMILES string of the molecule is COC(=O)C(NC(=O)CCc1nc2ccccc2[nH]1)c1ccccc1. The quantitative estimate of drug-likeness (QED) is 0.677. The summed E-state index contributed by atoms with van der Waals surface area (Å²) >= 11 is 0. The van der Waals surface area contributed by atoms with E-state index in [-0.39, 0.29) is 12.3 Å². The number of H-pyrrole nitrogens is 1. The number of nitrogens with zero attached hydrogens (tertiary/aromatic N) is 1. The highest BCUT2D eigenvalue weighted by molar-refractivity contribution is 5.85. The first kappa shape index (κ1) is 16.7. The lowest BCUT2D eigenvalue weighted by atomic mass is 10.1. The van der Waals surface area contributed by atoms with E-state index in [2.05, 4.69) is 15.3 Å². The van der Waals surface area contributed by atoms with Crippen LogP contribution in [0.4, 0.5) is 0 Å². The minimum Gasteiger partial charge on any atom is -0.467 e. The van der Waals surface area contributed by atoms with Gasteiger partial charge in [0.1, 0.15) is 5.82 Å². The summed E-state index contributed by atoms with van der Waals surface area (Å²) in [6.45, 7) is 0. The van der Waals surface area contributed by atoms with E-state index in [9.17, 15) is 9.59 Å². The largest absolute Gasteiger partial charge is 0.467 e. The molecule has 6 heteroatoms. The minimum atomic E-state index is -0.811. The lowest BCUT2D eigenvalue weighted by molar-refractivity contribution is -0.145. The number of carbonyl (C=O) groups excluding carboxylic acids is 2. The Balaban J connectivity index is 1.64. The average Bonchev–Trinajstić information content (AvgIpc) is 3.07. The Kier molecular flexibility index (Phi) is 5.09. The number of rotatable bonds is 6. The Morgan fingerprint density at radius 3 is 2.56 bits per heavy atom. The van der Waals surface area contributed by atoms with Crippen molar-refractivity contribution >= 4 is 22.9 Å². The molecule has 1 unspecified atom stereocenters. The highest BCUT2D eigenvalue weighted by Crippen LogP contribution is 2.15. The van der Waals surface area contributed by atoms with Crippen LogP contribution in [-0.2, 0) is 20.7 Å². The van der Waals surface area contributed by atoms with E-state index in [1.807, 2.05) is 42.5 Å². The zero-order valence-electron chi connectivity index (χ0n) is 13.9. The zero-order valence-corrected chi connectivity index (χ0v) is 13.9. The lowest BCUT2D eigenvalue weighted by Gasteiger charge is -2.16. The second-order valence-electron chi connectivity index (χ2n) is 5.64. The first-order chi connectivity index (χ1) is 12.2. The molecule has 3 rings (SSSR count). The standard InChI is InChI=1S/C19H19N3O3/c1-25-19(24)18(13-7-3-2-4-8-13)22-17(23)12-11-16-20-14-9-5-6-10-15(14)21-16/h2-10,18H,11-12H2,1H3,(H,20,21)(H,22,23). The molecule has 0 aliphatic rings. The van der Waals surface area contributed by atoms with E-state index < -0.39 is 12.0 Å². The van der Waals surface area contributed by atoms with Crippen LogP contribution in [-0.4, -0.2) is 29.0 Å². The van der Waals surface area contributed by atoms with Gasteiger partial charge < -0.3 is 15.0 Å². The number of nitrogens with one attached hydrogen (secondary N) is 2. The molecule has 1 heterocycles. The highest BCUT2D eigenvalue weighted by atomic mass is 16.5. The summed E-state index contributed by atoms with van der Waals surface area (Å²) < 4.78 is 4.80. The van der Waals surface area contributed by atoms with Gasteiger partial charge in [-0.2, -0.15) is 0 Å². The number of carbonyl (C=O) groups is 2. The van der Waals surface area contributed by atoms with Crippen LogP contribution >= 0.6 is 0 Å². The molecule has 1 amide bonds. The number of esters is 1. The first-order valence-electron chi connectivity index (χ1n) is 8.03. The molecule has 0 spiro atoms. The monoisotopic (exact) mass is 337 g/mol. The smallest absolute Gasteiger partial charge is 0.333 e. The number of hydrogen-bond donors (Lipinski definition) is 2. The van der Waals surface area contributed by atoms with Crippen LogP contribution in [0.5, 0.6) is 0 Å². The summed E-state index contributed by atoms with van der Waals surface area (Å²) in [4.78, 5) is 31.9. The van der Waals surface area contributed by atoms with Gasteiger partial charge in [0, 0.05) is 12.8 Å². The summed E-state index contributed by atoms with van der Waals surface area (Å²) in [6, 6.07) is 15.9. The second kappa shape index (κ2) is 7.61. The van der Waals surface area contributed by atoms with Gasteiger partial charge in [-0.3, -0.25) is 4.79 Å². The van der Waals surface area contributed by atoms with Gasteiger partial charge in [0.15, 0.2) is 6.04 Å². The van der Waals surface area contributed by atoms with Crippen LogP contribution < -0.4 is 5.32 Å². The van der Waals surface area contributed by atoms with Crippen molar-refractivity contribution in [2.24, 2.45) is 0 Å². The number of amides is 1. The van der Waals surface area contributed by atoms with Crippen LogP contribution in [0.25, 0.3) is 11.0 Å². The number of para-hydroxylation sites is 2. The molecular weight excluding hydrogens is 318 g/mol. The molecule has 2 aromatic carbocycles. The number of hydrogen-bond acceptors (Lipinski definition) is 4. The molecule has 0 aliphatic carbocycles. The van der Waals surface area contributed by atoms with Gasteiger partial charge in [-0.05, 0) is 17.7 Å². The summed E-state index contributed by atoms with van der Waals surface area (Å²) in [5, 5.41) is 2.73. The predicted molar refractivity (Wildman–Crippen MR) is 93.8 cm³/mol. The number of aromatic nitrogens is 2. The minimum absolute atomic E-state index is 0.222. The van der Waals surface area contributed by atoms with Crippen molar-refractivity contribution in [2.75, 3.05) is 7.11 Å². The van der Waals surface area contributed by atoms with Gasteiger partial charge in [0.05, 0.1) is 18.1 Å². The number of aryl methyl sites for hydroxylation is 1. The molecule has 0 saturated carbocycles. The molecule has 1 atom stereocenters. The van der Waals surface area contributed by atoms with E-state index in [0.29, 0.717) is 12.0 Å². The van der Waals surface area contributed by atoms with E-state index in [0.717, 1.165) is 16.9 Å². The predicted octanol–water partition coefficient (Wildman–Crippen LogP) is 2.53. The number of methoxy groups -OCH3 is 1. The molecule has 25 heavy (non-hydrogen) atoms. The van der Waals surface area contributed by atoms with Crippen molar-refractivity contribution in [1.82, 2.24) is 15.3 Å². The van der Waals surface area contributed by atoms with E-state index in [1.54, 1.807) is 12.1 Å². The van der Waals surface area contributed by atoms with Gasteiger partial charge in [-0.1, -0.05) is 42.5 Å². The molecule has 3 aromatic rings. The van der Waals surface area contributed by atoms with Gasteiger partial charge in [0.25, 0.3) is 0 Å². The highest BCUT2D eigenvalue weighted by Gasteiger charge is 2.23. The summed E-state index contributed by atoms with van der Waals surface area (Å²) in [5.41, 5.74) is 2.50. The Labute approximate surface area is 145 Å². The van der Waals surface area contributed by atoms with Crippen LogP contribution in [0.1, 0.15) is 23.9 Å². The normalized spacial score (nSPS) is 11.9. The Bertz CT molecular complexity index is 841. The summed E-state index contributed by atoms with van der Waals surface area (Å²) in [5.74, 6) is 0.00803. The second-order valence-corrected chi connectivity index (χ2v) is 5.64. The van der Waals surface area contributed by atoms with Crippen molar-refractivity contribution in [3.05, 3.63) is 66.0 Å². The summed E-state index contributed by atoms with van der Waals surface area (Å²) in [6.07, 6.45) is 0.684. The van der Waals surface area contributed by atoms with E-state index in [1.165, 1.54) is 7.11 Å². The molecule has 2 N–H and O–H groups in total. The fraction of sp³-hybridized carbons (Fsp3) is 0.211. The number of aromatic amines is 1.